The monoisotopic (exact) mass is 221 g/mol. The topological polar surface area (TPSA) is 29.9 Å². The summed E-state index contributed by atoms with van der Waals surface area (Å²) >= 11 is 0. The molecule has 0 spiro atoms. The van der Waals surface area contributed by atoms with Crippen LogP contribution in [0.3, 0.4) is 0 Å². The smallest absolute Gasteiger partial charge is 0.0687 e. The van der Waals surface area contributed by atoms with Crippen LogP contribution in [0.1, 0.15) is 55.0 Å². The van der Waals surface area contributed by atoms with Crippen molar-refractivity contribution in [1.82, 2.24) is 15.1 Å². The van der Waals surface area contributed by atoms with Gasteiger partial charge in [-0.1, -0.05) is 19.3 Å². The van der Waals surface area contributed by atoms with E-state index in [2.05, 4.69) is 24.0 Å². The molecular weight excluding hydrogens is 198 g/mol. The molecule has 16 heavy (non-hydrogen) atoms. The molecule has 0 unspecified atom stereocenters. The van der Waals surface area contributed by atoms with E-state index in [1.807, 2.05) is 7.05 Å². The molecule has 1 saturated carbocycles. The van der Waals surface area contributed by atoms with Crippen LogP contribution in [-0.4, -0.2) is 16.8 Å². The van der Waals surface area contributed by atoms with E-state index in [0.29, 0.717) is 5.92 Å². The highest BCUT2D eigenvalue weighted by atomic mass is 15.3. The molecule has 3 nitrogen and oxygen atoms in total. The standard InChI is InChI=1S/C13H23N3/c1-10-12(9-14-2)16(3)15-13(10)11-7-5-4-6-8-11/h11,14H,4-9H2,1-3H3. The predicted octanol–water partition coefficient (Wildman–Crippen LogP) is 2.50. The largest absolute Gasteiger partial charge is 0.314 e. The fourth-order valence-corrected chi connectivity index (χ4v) is 2.87. The third kappa shape index (κ3) is 2.14. The summed E-state index contributed by atoms with van der Waals surface area (Å²) in [6.07, 6.45) is 6.82. The van der Waals surface area contributed by atoms with Gasteiger partial charge in [-0.05, 0) is 32.4 Å². The van der Waals surface area contributed by atoms with Gasteiger partial charge in [0.2, 0.25) is 0 Å². The summed E-state index contributed by atoms with van der Waals surface area (Å²) in [4.78, 5) is 0. The van der Waals surface area contributed by atoms with Crippen molar-refractivity contribution < 1.29 is 0 Å². The molecule has 1 fully saturated rings. The van der Waals surface area contributed by atoms with Gasteiger partial charge in [0.05, 0.1) is 11.4 Å². The fraction of sp³-hybridized carbons (Fsp3) is 0.769. The lowest BCUT2D eigenvalue weighted by Crippen LogP contribution is -2.10. The Kier molecular flexibility index (Phi) is 3.64. The molecule has 0 atom stereocenters. The molecule has 1 N–H and O–H groups in total. The molecule has 1 heterocycles. The minimum absolute atomic E-state index is 0.713. The lowest BCUT2D eigenvalue weighted by Gasteiger charge is -2.20. The first-order chi connectivity index (χ1) is 7.74. The second-order valence-electron chi connectivity index (χ2n) is 4.95. The number of rotatable bonds is 3. The summed E-state index contributed by atoms with van der Waals surface area (Å²) in [6.45, 7) is 3.14. The normalized spacial score (nSPS) is 17.9. The molecule has 0 aromatic carbocycles. The summed E-state index contributed by atoms with van der Waals surface area (Å²) in [5, 5.41) is 7.95. The Morgan fingerprint density at radius 1 is 1.31 bits per heavy atom. The Labute approximate surface area is 98.2 Å². The maximum Gasteiger partial charge on any atom is 0.0687 e. The van der Waals surface area contributed by atoms with Gasteiger partial charge in [0.25, 0.3) is 0 Å². The molecule has 2 rings (SSSR count). The van der Waals surface area contributed by atoms with Crippen molar-refractivity contribution in [3.63, 3.8) is 0 Å². The Morgan fingerprint density at radius 2 is 2.00 bits per heavy atom. The highest BCUT2D eigenvalue weighted by molar-refractivity contribution is 5.27. The van der Waals surface area contributed by atoms with Crippen LogP contribution in [-0.2, 0) is 13.6 Å². The van der Waals surface area contributed by atoms with E-state index in [1.165, 1.54) is 49.1 Å². The molecule has 0 amide bonds. The molecule has 90 valence electrons. The van der Waals surface area contributed by atoms with Gasteiger partial charge >= 0.3 is 0 Å². The summed E-state index contributed by atoms with van der Waals surface area (Å²) < 4.78 is 2.05. The van der Waals surface area contributed by atoms with E-state index in [0.717, 1.165) is 6.54 Å². The summed E-state index contributed by atoms with van der Waals surface area (Å²) in [5.41, 5.74) is 4.10. The van der Waals surface area contributed by atoms with E-state index in [4.69, 9.17) is 5.10 Å². The van der Waals surface area contributed by atoms with Crippen molar-refractivity contribution in [2.24, 2.45) is 7.05 Å². The number of aromatic nitrogens is 2. The first kappa shape index (κ1) is 11.6. The van der Waals surface area contributed by atoms with E-state index in [1.54, 1.807) is 0 Å². The highest BCUT2D eigenvalue weighted by Crippen LogP contribution is 2.34. The summed E-state index contributed by atoms with van der Waals surface area (Å²) in [5.74, 6) is 0.713. The van der Waals surface area contributed by atoms with Crippen LogP contribution in [0, 0.1) is 6.92 Å². The van der Waals surface area contributed by atoms with Crippen LogP contribution in [0.5, 0.6) is 0 Å². The highest BCUT2D eigenvalue weighted by Gasteiger charge is 2.22. The Morgan fingerprint density at radius 3 is 2.62 bits per heavy atom. The van der Waals surface area contributed by atoms with Crippen molar-refractivity contribution in [3.05, 3.63) is 17.0 Å². The second kappa shape index (κ2) is 5.00. The van der Waals surface area contributed by atoms with Crippen molar-refractivity contribution in [3.8, 4) is 0 Å². The third-order valence-electron chi connectivity index (χ3n) is 3.80. The van der Waals surface area contributed by atoms with Crippen LogP contribution < -0.4 is 5.32 Å². The number of aryl methyl sites for hydroxylation is 1. The molecule has 0 saturated heterocycles. The van der Waals surface area contributed by atoms with Gasteiger partial charge in [-0.25, -0.2) is 0 Å². The molecule has 0 aliphatic heterocycles. The van der Waals surface area contributed by atoms with Crippen molar-refractivity contribution >= 4 is 0 Å². The first-order valence-corrected chi connectivity index (χ1v) is 6.41. The quantitative estimate of drug-likeness (QED) is 0.850. The molecule has 1 aromatic rings. The van der Waals surface area contributed by atoms with Crippen molar-refractivity contribution in [1.29, 1.82) is 0 Å². The van der Waals surface area contributed by atoms with Crippen LogP contribution in [0.25, 0.3) is 0 Å². The van der Waals surface area contributed by atoms with Gasteiger partial charge in [-0.2, -0.15) is 5.10 Å². The maximum absolute atomic E-state index is 4.73. The van der Waals surface area contributed by atoms with Crippen LogP contribution >= 0.6 is 0 Å². The molecule has 1 aliphatic rings. The first-order valence-electron chi connectivity index (χ1n) is 6.41. The van der Waals surface area contributed by atoms with Gasteiger partial charge in [0, 0.05) is 19.5 Å². The molecule has 0 radical (unpaired) electrons. The fourth-order valence-electron chi connectivity index (χ4n) is 2.87. The lowest BCUT2D eigenvalue weighted by molar-refractivity contribution is 0.432. The zero-order valence-electron chi connectivity index (χ0n) is 10.7. The van der Waals surface area contributed by atoms with E-state index in [-0.39, 0.29) is 0 Å². The second-order valence-corrected chi connectivity index (χ2v) is 4.95. The van der Waals surface area contributed by atoms with E-state index in [9.17, 15) is 0 Å². The number of hydrogen-bond acceptors (Lipinski definition) is 2. The van der Waals surface area contributed by atoms with Crippen LogP contribution in [0.2, 0.25) is 0 Å². The van der Waals surface area contributed by atoms with Gasteiger partial charge in [-0.15, -0.1) is 0 Å². The van der Waals surface area contributed by atoms with Gasteiger partial charge in [0.1, 0.15) is 0 Å². The van der Waals surface area contributed by atoms with Gasteiger partial charge < -0.3 is 5.32 Å². The Bertz CT molecular complexity index is 348. The maximum atomic E-state index is 4.73. The average molecular weight is 221 g/mol. The van der Waals surface area contributed by atoms with Gasteiger partial charge in [0.15, 0.2) is 0 Å². The number of hydrogen-bond donors (Lipinski definition) is 1. The number of nitrogens with zero attached hydrogens (tertiary/aromatic N) is 2. The van der Waals surface area contributed by atoms with E-state index >= 15 is 0 Å². The Balaban J connectivity index is 2.23. The predicted molar refractivity (Wildman–Crippen MR) is 66.5 cm³/mol. The lowest BCUT2D eigenvalue weighted by atomic mass is 9.85. The van der Waals surface area contributed by atoms with Crippen molar-refractivity contribution in [2.75, 3.05) is 7.05 Å². The zero-order valence-corrected chi connectivity index (χ0v) is 10.7. The molecule has 1 aliphatic carbocycles. The minimum atomic E-state index is 0.713. The summed E-state index contributed by atoms with van der Waals surface area (Å²) in [7, 11) is 4.05. The van der Waals surface area contributed by atoms with E-state index < -0.39 is 0 Å². The molecular formula is C13H23N3. The molecule has 3 heteroatoms. The number of nitrogens with one attached hydrogen (secondary N) is 1. The Hall–Kier alpha value is -0.830. The third-order valence-corrected chi connectivity index (χ3v) is 3.80. The van der Waals surface area contributed by atoms with Crippen molar-refractivity contribution in [2.45, 2.75) is 51.5 Å². The average Bonchev–Trinajstić information content (AvgIpc) is 2.59. The molecule has 1 aromatic heterocycles. The van der Waals surface area contributed by atoms with Crippen LogP contribution in [0.15, 0.2) is 0 Å². The summed E-state index contributed by atoms with van der Waals surface area (Å²) in [6, 6.07) is 0. The zero-order chi connectivity index (χ0) is 11.5. The van der Waals surface area contributed by atoms with Gasteiger partial charge in [-0.3, -0.25) is 4.68 Å². The minimum Gasteiger partial charge on any atom is -0.314 e. The van der Waals surface area contributed by atoms with Crippen LogP contribution in [0.4, 0.5) is 0 Å². The molecule has 0 bridgehead atoms. The SMILES string of the molecule is CNCc1c(C)c(C2CCCCC2)nn1C.